The largest absolute Gasteiger partial charge is 0.480 e. The van der Waals surface area contributed by atoms with Crippen LogP contribution in [0.15, 0.2) is 42.9 Å². The van der Waals surface area contributed by atoms with Gasteiger partial charge in [-0.05, 0) is 30.9 Å². The number of carboxylic acids is 1. The van der Waals surface area contributed by atoms with Gasteiger partial charge in [-0.3, -0.25) is 14.4 Å². The number of H-pyrrole nitrogens is 1. The van der Waals surface area contributed by atoms with E-state index >= 15 is 0 Å². The van der Waals surface area contributed by atoms with Gasteiger partial charge in [0.05, 0.1) is 12.4 Å². The van der Waals surface area contributed by atoms with Crippen molar-refractivity contribution in [2.75, 3.05) is 12.0 Å². The van der Waals surface area contributed by atoms with Crippen molar-refractivity contribution in [3.8, 4) is 0 Å². The molecule has 1 aromatic carbocycles. The molecule has 0 bridgehead atoms. The number of nitrogens with zero attached hydrogens (tertiary/aromatic N) is 1. The van der Waals surface area contributed by atoms with Gasteiger partial charge in [0.2, 0.25) is 17.7 Å². The Balaban J connectivity index is 2.17. The van der Waals surface area contributed by atoms with Crippen LogP contribution in [0.2, 0.25) is 0 Å². The van der Waals surface area contributed by atoms with E-state index in [9.17, 15) is 29.4 Å². The molecule has 12 nitrogen and oxygen atoms in total. The van der Waals surface area contributed by atoms with Crippen LogP contribution in [0.4, 0.5) is 0 Å². The van der Waals surface area contributed by atoms with E-state index in [-0.39, 0.29) is 19.3 Å². The highest BCUT2D eigenvalue weighted by atomic mass is 32.2. The van der Waals surface area contributed by atoms with Gasteiger partial charge in [-0.25, -0.2) is 9.78 Å². The Morgan fingerprint density at radius 1 is 1.00 bits per heavy atom. The van der Waals surface area contributed by atoms with Crippen LogP contribution < -0.4 is 21.7 Å². The molecule has 1 aromatic heterocycles. The zero-order valence-electron chi connectivity index (χ0n) is 20.7. The van der Waals surface area contributed by atoms with Gasteiger partial charge < -0.3 is 36.9 Å². The molecule has 0 saturated heterocycles. The Morgan fingerprint density at radius 3 is 2.19 bits per heavy atom. The fourth-order valence-electron chi connectivity index (χ4n) is 3.41. The first-order chi connectivity index (χ1) is 17.6. The quantitative estimate of drug-likeness (QED) is 0.153. The summed E-state index contributed by atoms with van der Waals surface area (Å²) in [6, 6.07) is 4.22. The van der Waals surface area contributed by atoms with Gasteiger partial charge in [0.1, 0.15) is 24.2 Å². The highest BCUT2D eigenvalue weighted by molar-refractivity contribution is 7.98. The van der Waals surface area contributed by atoms with Gasteiger partial charge in [0.15, 0.2) is 0 Å². The second kappa shape index (κ2) is 15.0. The highest BCUT2D eigenvalue weighted by Crippen LogP contribution is 2.08. The molecule has 2 aromatic rings. The number of carbonyl (C=O) groups excluding carboxylic acids is 3. The lowest BCUT2D eigenvalue weighted by Gasteiger charge is -2.25. The van der Waals surface area contributed by atoms with Crippen LogP contribution in [-0.4, -0.2) is 86.2 Å². The average molecular weight is 535 g/mol. The predicted molar refractivity (Wildman–Crippen MR) is 139 cm³/mol. The molecule has 5 atom stereocenters. The van der Waals surface area contributed by atoms with E-state index in [1.165, 1.54) is 31.2 Å². The third kappa shape index (κ3) is 9.86. The predicted octanol–water partition coefficient (Wildman–Crippen LogP) is -0.805. The van der Waals surface area contributed by atoms with Crippen LogP contribution in [0.1, 0.15) is 24.6 Å². The summed E-state index contributed by atoms with van der Waals surface area (Å²) in [5.74, 6) is -2.76. The highest BCUT2D eigenvalue weighted by Gasteiger charge is 2.31. The maximum absolute atomic E-state index is 13.2. The molecule has 3 amide bonds. The van der Waals surface area contributed by atoms with Gasteiger partial charge in [0.25, 0.3) is 0 Å². The lowest BCUT2D eigenvalue weighted by molar-refractivity contribution is -0.142. The monoisotopic (exact) mass is 534 g/mol. The van der Waals surface area contributed by atoms with Gasteiger partial charge >= 0.3 is 5.97 Å². The topological polar surface area (TPSA) is 200 Å². The Labute approximate surface area is 219 Å². The molecule has 0 radical (unpaired) electrons. The van der Waals surface area contributed by atoms with Crippen molar-refractivity contribution in [1.82, 2.24) is 25.9 Å². The van der Waals surface area contributed by atoms with Crippen molar-refractivity contribution < 1.29 is 29.4 Å². The molecule has 2 rings (SSSR count). The summed E-state index contributed by atoms with van der Waals surface area (Å²) in [6.07, 6.45) is 3.92. The van der Waals surface area contributed by atoms with Crippen LogP contribution >= 0.6 is 11.8 Å². The molecule has 1 heterocycles. The normalized spacial score (nSPS) is 15.0. The summed E-state index contributed by atoms with van der Waals surface area (Å²) in [7, 11) is 0. The fourth-order valence-corrected chi connectivity index (χ4v) is 3.88. The second-order valence-corrected chi connectivity index (χ2v) is 9.53. The number of aromatic amines is 1. The molecule has 8 N–H and O–H groups in total. The Kier molecular flexibility index (Phi) is 12.1. The number of imidazole rings is 1. The van der Waals surface area contributed by atoms with Crippen LogP contribution in [-0.2, 0) is 32.0 Å². The first kappa shape index (κ1) is 29.8. The van der Waals surface area contributed by atoms with Crippen molar-refractivity contribution in [3.05, 3.63) is 54.1 Å². The molecular weight excluding hydrogens is 500 g/mol. The summed E-state index contributed by atoms with van der Waals surface area (Å²) in [5.41, 5.74) is 6.99. The number of aliphatic carboxylic acids is 1. The zero-order chi connectivity index (χ0) is 27.4. The Bertz CT molecular complexity index is 1020. The number of aromatic nitrogens is 2. The smallest absolute Gasteiger partial charge is 0.326 e. The number of thioether (sulfide) groups is 1. The molecule has 0 aliphatic carbocycles. The van der Waals surface area contributed by atoms with E-state index in [4.69, 9.17) is 5.73 Å². The molecule has 0 aliphatic heterocycles. The number of nitrogens with one attached hydrogen (secondary N) is 4. The van der Waals surface area contributed by atoms with E-state index in [0.29, 0.717) is 11.4 Å². The zero-order valence-corrected chi connectivity index (χ0v) is 21.5. The van der Waals surface area contributed by atoms with Crippen molar-refractivity contribution in [2.45, 2.75) is 56.5 Å². The van der Waals surface area contributed by atoms with Crippen molar-refractivity contribution >= 4 is 35.5 Å². The Morgan fingerprint density at radius 2 is 1.62 bits per heavy atom. The van der Waals surface area contributed by atoms with Crippen LogP contribution in [0.25, 0.3) is 0 Å². The number of amides is 3. The molecule has 13 heteroatoms. The lowest BCUT2D eigenvalue weighted by Crippen LogP contribution is -2.58. The minimum atomic E-state index is -1.26. The molecule has 0 fully saturated rings. The summed E-state index contributed by atoms with van der Waals surface area (Å²) in [5, 5.41) is 27.0. The maximum atomic E-state index is 13.2. The van der Waals surface area contributed by atoms with Gasteiger partial charge in [-0.2, -0.15) is 11.8 Å². The molecule has 0 saturated carbocycles. The summed E-state index contributed by atoms with van der Waals surface area (Å²) < 4.78 is 0. The van der Waals surface area contributed by atoms with Gasteiger partial charge in [-0.1, -0.05) is 30.3 Å². The average Bonchev–Trinajstić information content (AvgIpc) is 3.38. The number of benzene rings is 1. The van der Waals surface area contributed by atoms with E-state index in [1.54, 1.807) is 30.3 Å². The fraction of sp³-hybridized carbons (Fsp3) is 0.458. The van der Waals surface area contributed by atoms with E-state index < -0.39 is 54.0 Å². The number of aliphatic hydroxyl groups is 1. The SMILES string of the molecule is CSCCC(NC(=O)C(Cc1cnc[nH]1)NC(=O)C(N)C(C)O)C(=O)NC(Cc1ccccc1)C(=O)O. The van der Waals surface area contributed by atoms with Crippen molar-refractivity contribution in [1.29, 1.82) is 0 Å². The van der Waals surface area contributed by atoms with Gasteiger partial charge in [-0.15, -0.1) is 0 Å². The molecule has 37 heavy (non-hydrogen) atoms. The van der Waals surface area contributed by atoms with Crippen LogP contribution in [0.5, 0.6) is 0 Å². The second-order valence-electron chi connectivity index (χ2n) is 8.54. The lowest BCUT2D eigenvalue weighted by atomic mass is 10.0. The summed E-state index contributed by atoms with van der Waals surface area (Å²) >= 11 is 1.46. The van der Waals surface area contributed by atoms with E-state index in [1.807, 2.05) is 6.26 Å². The Hall–Kier alpha value is -3.42. The first-order valence-electron chi connectivity index (χ1n) is 11.7. The number of carboxylic acid groups (broad SMARTS) is 1. The van der Waals surface area contributed by atoms with Crippen molar-refractivity contribution in [2.24, 2.45) is 5.73 Å². The number of hydrogen-bond acceptors (Lipinski definition) is 8. The summed E-state index contributed by atoms with van der Waals surface area (Å²) in [4.78, 5) is 57.4. The molecule has 0 aliphatic rings. The maximum Gasteiger partial charge on any atom is 0.326 e. The number of rotatable bonds is 15. The van der Waals surface area contributed by atoms with Crippen LogP contribution in [0, 0.1) is 0 Å². The van der Waals surface area contributed by atoms with E-state index in [2.05, 4.69) is 25.9 Å². The minimum Gasteiger partial charge on any atom is -0.480 e. The minimum absolute atomic E-state index is 0.0206. The number of nitrogens with two attached hydrogens (primary N) is 1. The third-order valence-electron chi connectivity index (χ3n) is 5.58. The molecule has 5 unspecified atom stereocenters. The molecule has 0 spiro atoms. The summed E-state index contributed by atoms with van der Waals surface area (Å²) in [6.45, 7) is 1.35. The van der Waals surface area contributed by atoms with Crippen molar-refractivity contribution in [3.63, 3.8) is 0 Å². The van der Waals surface area contributed by atoms with Gasteiger partial charge in [0, 0.05) is 24.7 Å². The number of carbonyl (C=O) groups is 4. The first-order valence-corrected chi connectivity index (χ1v) is 13.1. The molecular formula is C24H34N6O6S. The third-order valence-corrected chi connectivity index (χ3v) is 6.22. The molecule has 202 valence electrons. The standard InChI is InChI=1S/C24H34N6O6S/c1-14(31)20(25)23(34)29-18(11-16-12-26-13-27-16)22(33)28-17(8-9-37-2)21(32)30-19(24(35)36)10-15-6-4-3-5-7-15/h3-7,12-14,17-20,31H,8-11,25H2,1-2H3,(H,26,27)(H,28,33)(H,29,34)(H,30,32)(H,35,36). The van der Waals surface area contributed by atoms with E-state index in [0.717, 1.165) is 5.56 Å². The number of aliphatic hydroxyl groups excluding tert-OH is 1. The van der Waals surface area contributed by atoms with Crippen LogP contribution in [0.3, 0.4) is 0 Å². The number of hydrogen-bond donors (Lipinski definition) is 7.